The number of rotatable bonds is 5. The van der Waals surface area contributed by atoms with Crippen molar-refractivity contribution in [3.8, 4) is 5.75 Å². The zero-order valence-electron chi connectivity index (χ0n) is 19.1. The number of hydrogen-bond acceptors (Lipinski definition) is 6. The van der Waals surface area contributed by atoms with Crippen molar-refractivity contribution in [2.24, 2.45) is 11.8 Å². The smallest absolute Gasteiger partial charge is 0.272 e. The first-order valence-corrected chi connectivity index (χ1v) is 11.9. The summed E-state index contributed by atoms with van der Waals surface area (Å²) in [5.41, 5.74) is 3.17. The van der Waals surface area contributed by atoms with Crippen LogP contribution in [0.4, 0.5) is 5.82 Å². The van der Waals surface area contributed by atoms with Gasteiger partial charge >= 0.3 is 0 Å². The molecule has 2 bridgehead atoms. The Hall–Kier alpha value is -3.16. The zero-order valence-corrected chi connectivity index (χ0v) is 19.1. The third-order valence-corrected chi connectivity index (χ3v) is 7.83. The van der Waals surface area contributed by atoms with Gasteiger partial charge < -0.3 is 19.9 Å². The quantitative estimate of drug-likeness (QED) is 0.758. The van der Waals surface area contributed by atoms with E-state index in [9.17, 15) is 9.59 Å². The van der Waals surface area contributed by atoms with Crippen molar-refractivity contribution in [1.29, 1.82) is 0 Å². The van der Waals surface area contributed by atoms with Crippen LogP contribution in [0, 0.1) is 18.8 Å². The SMILES string of the molecule is Cc1cc(C(=O)NC2C3CC2C3)nnc1N1CCC(Oc2ccc3c(c2)C(=O)N(C)C3)CC1. The number of nitrogens with one attached hydrogen (secondary N) is 1. The van der Waals surface area contributed by atoms with E-state index >= 15 is 0 Å². The number of hydrogen-bond donors (Lipinski definition) is 1. The maximum atomic E-state index is 12.5. The Morgan fingerprint density at radius 2 is 1.88 bits per heavy atom. The largest absolute Gasteiger partial charge is 0.490 e. The van der Waals surface area contributed by atoms with Gasteiger partial charge in [0, 0.05) is 51.1 Å². The van der Waals surface area contributed by atoms with Crippen molar-refractivity contribution in [2.45, 2.75) is 51.3 Å². The van der Waals surface area contributed by atoms with Crippen molar-refractivity contribution in [3.63, 3.8) is 0 Å². The Balaban J connectivity index is 1.05. The number of ether oxygens (including phenoxy) is 1. The van der Waals surface area contributed by atoms with Crippen LogP contribution in [0.25, 0.3) is 0 Å². The monoisotopic (exact) mass is 447 g/mol. The first-order chi connectivity index (χ1) is 16.0. The summed E-state index contributed by atoms with van der Waals surface area (Å²) in [6, 6.07) is 8.03. The number of benzene rings is 1. The lowest BCUT2D eigenvalue weighted by molar-refractivity contribution is -0.0367. The Bertz CT molecular complexity index is 1110. The number of piperidine rings is 1. The predicted molar refractivity (Wildman–Crippen MR) is 122 cm³/mol. The topological polar surface area (TPSA) is 87.7 Å². The molecule has 172 valence electrons. The van der Waals surface area contributed by atoms with Gasteiger partial charge in [-0.1, -0.05) is 6.07 Å². The number of carbonyl (C=O) groups is 2. The summed E-state index contributed by atoms with van der Waals surface area (Å²) in [5.74, 6) is 2.89. The fourth-order valence-electron chi connectivity index (χ4n) is 5.53. The Kier molecular flexibility index (Phi) is 4.78. The van der Waals surface area contributed by atoms with Gasteiger partial charge in [-0.2, -0.15) is 0 Å². The third kappa shape index (κ3) is 3.52. The van der Waals surface area contributed by atoms with E-state index in [0.717, 1.165) is 54.2 Å². The van der Waals surface area contributed by atoms with Crippen LogP contribution < -0.4 is 15.0 Å². The summed E-state index contributed by atoms with van der Waals surface area (Å²) in [5, 5.41) is 11.7. The minimum atomic E-state index is -0.109. The van der Waals surface area contributed by atoms with Gasteiger partial charge in [0.15, 0.2) is 11.5 Å². The van der Waals surface area contributed by atoms with Crippen LogP contribution in [0.2, 0.25) is 0 Å². The van der Waals surface area contributed by atoms with Gasteiger partial charge in [0.25, 0.3) is 11.8 Å². The van der Waals surface area contributed by atoms with Crippen LogP contribution in [0.3, 0.4) is 0 Å². The van der Waals surface area contributed by atoms with E-state index in [1.165, 1.54) is 12.8 Å². The summed E-state index contributed by atoms with van der Waals surface area (Å²) in [6.45, 7) is 4.27. The number of amides is 2. The molecule has 1 aromatic heterocycles. The number of anilines is 1. The summed E-state index contributed by atoms with van der Waals surface area (Å²) in [7, 11) is 1.82. The number of nitrogens with zero attached hydrogens (tertiary/aromatic N) is 4. The molecule has 4 fully saturated rings. The minimum Gasteiger partial charge on any atom is -0.490 e. The van der Waals surface area contributed by atoms with Gasteiger partial charge in [-0.05, 0) is 60.9 Å². The maximum absolute atomic E-state index is 12.5. The van der Waals surface area contributed by atoms with Crippen LogP contribution >= 0.6 is 0 Å². The van der Waals surface area contributed by atoms with Gasteiger partial charge in [-0.15, -0.1) is 10.2 Å². The molecule has 8 nitrogen and oxygen atoms in total. The van der Waals surface area contributed by atoms with Crippen molar-refractivity contribution in [3.05, 3.63) is 46.6 Å². The Morgan fingerprint density at radius 1 is 1.12 bits per heavy atom. The number of carbonyl (C=O) groups excluding carboxylic acids is 2. The Morgan fingerprint density at radius 3 is 2.55 bits per heavy atom. The van der Waals surface area contributed by atoms with Gasteiger partial charge in [-0.3, -0.25) is 9.59 Å². The maximum Gasteiger partial charge on any atom is 0.272 e. The third-order valence-electron chi connectivity index (χ3n) is 7.83. The minimum absolute atomic E-state index is 0.0564. The average molecular weight is 448 g/mol. The molecule has 33 heavy (non-hydrogen) atoms. The highest BCUT2D eigenvalue weighted by atomic mass is 16.5. The summed E-state index contributed by atoms with van der Waals surface area (Å²) in [6.07, 6.45) is 4.34. The lowest BCUT2D eigenvalue weighted by Gasteiger charge is -2.58. The number of aromatic nitrogens is 2. The molecule has 1 saturated heterocycles. The molecular weight excluding hydrogens is 418 g/mol. The van der Waals surface area contributed by atoms with Crippen molar-refractivity contribution >= 4 is 17.6 Å². The molecule has 2 amide bonds. The van der Waals surface area contributed by atoms with Crippen LogP contribution in [-0.2, 0) is 6.54 Å². The molecule has 2 aliphatic heterocycles. The molecule has 0 unspecified atom stereocenters. The highest BCUT2D eigenvalue weighted by Gasteiger charge is 2.53. The molecule has 0 atom stereocenters. The van der Waals surface area contributed by atoms with E-state index in [1.54, 1.807) is 4.90 Å². The second-order valence-electron chi connectivity index (χ2n) is 10.0. The van der Waals surface area contributed by atoms with E-state index in [0.29, 0.717) is 30.1 Å². The van der Waals surface area contributed by atoms with Gasteiger partial charge in [-0.25, -0.2) is 0 Å². The van der Waals surface area contributed by atoms with Crippen LogP contribution in [0.15, 0.2) is 24.3 Å². The van der Waals surface area contributed by atoms with E-state index in [2.05, 4.69) is 20.4 Å². The summed E-state index contributed by atoms with van der Waals surface area (Å²) >= 11 is 0. The van der Waals surface area contributed by atoms with Crippen LogP contribution in [0.5, 0.6) is 5.75 Å². The first kappa shape index (κ1) is 20.4. The molecule has 0 radical (unpaired) electrons. The van der Waals surface area contributed by atoms with Crippen molar-refractivity contribution in [2.75, 3.05) is 25.0 Å². The van der Waals surface area contributed by atoms with Crippen molar-refractivity contribution < 1.29 is 14.3 Å². The number of aryl methyl sites for hydroxylation is 1. The normalized spacial score (nSPS) is 25.9. The molecule has 5 aliphatic rings. The van der Waals surface area contributed by atoms with E-state index in [1.807, 2.05) is 38.2 Å². The molecule has 3 aliphatic carbocycles. The van der Waals surface area contributed by atoms with E-state index < -0.39 is 0 Å². The van der Waals surface area contributed by atoms with Crippen molar-refractivity contribution in [1.82, 2.24) is 20.4 Å². The molecule has 0 spiro atoms. The highest BCUT2D eigenvalue weighted by Crippen LogP contribution is 2.53. The molecule has 3 saturated carbocycles. The molecule has 2 aromatic rings. The lowest BCUT2D eigenvalue weighted by Crippen LogP contribution is -2.63. The fraction of sp³-hybridized carbons (Fsp3) is 0.520. The standard InChI is InChI=1S/C25H29N5O3/c1-14-9-21(24(31)26-22-16-10-17(22)11-16)27-28-23(14)30-7-5-18(6-8-30)33-19-4-3-15-13-29(2)25(32)20(15)12-19/h3-4,9,12,16-18,22H,5-8,10-11,13H2,1-2H3,(H,26,31). The first-order valence-electron chi connectivity index (χ1n) is 11.9. The number of fused-ring (bicyclic) bond motifs is 1. The molecule has 3 heterocycles. The summed E-state index contributed by atoms with van der Waals surface area (Å²) < 4.78 is 6.21. The van der Waals surface area contributed by atoms with Crippen LogP contribution in [0.1, 0.15) is 57.7 Å². The van der Waals surface area contributed by atoms with Crippen LogP contribution in [-0.4, -0.2) is 59.2 Å². The molecule has 1 aromatic carbocycles. The Labute approximate surface area is 193 Å². The molecule has 1 N–H and O–H groups in total. The summed E-state index contributed by atoms with van der Waals surface area (Å²) in [4.78, 5) is 28.7. The average Bonchev–Trinajstić information content (AvgIpc) is 3.04. The second-order valence-corrected chi connectivity index (χ2v) is 10.0. The molecule has 8 heteroatoms. The fourth-order valence-corrected chi connectivity index (χ4v) is 5.53. The van der Waals surface area contributed by atoms with E-state index in [4.69, 9.17) is 4.74 Å². The highest BCUT2D eigenvalue weighted by molar-refractivity contribution is 5.98. The second kappa shape index (κ2) is 7.71. The van der Waals surface area contributed by atoms with Gasteiger partial charge in [0.2, 0.25) is 0 Å². The zero-order chi connectivity index (χ0) is 22.7. The molecule has 7 rings (SSSR count). The van der Waals surface area contributed by atoms with Gasteiger partial charge in [0.05, 0.1) is 0 Å². The lowest BCUT2D eigenvalue weighted by atomic mass is 9.52. The molecular formula is C25H29N5O3. The van der Waals surface area contributed by atoms with Gasteiger partial charge in [0.1, 0.15) is 11.9 Å². The van der Waals surface area contributed by atoms with E-state index in [-0.39, 0.29) is 17.9 Å². The predicted octanol–water partition coefficient (Wildman–Crippen LogP) is 2.56.